The van der Waals surface area contributed by atoms with E-state index in [-0.39, 0.29) is 0 Å². The van der Waals surface area contributed by atoms with E-state index in [1.165, 1.54) is 120 Å². The van der Waals surface area contributed by atoms with Gasteiger partial charge in [0.05, 0.1) is 78.3 Å². The first-order chi connectivity index (χ1) is 58.5. The van der Waals surface area contributed by atoms with Gasteiger partial charge in [-0.1, -0.05) is 346 Å². The molecule has 0 saturated carbocycles. The van der Waals surface area contributed by atoms with Crippen LogP contribution < -0.4 is 0 Å². The van der Waals surface area contributed by atoms with Crippen LogP contribution in [0, 0.1) is 0 Å². The van der Waals surface area contributed by atoms with Crippen molar-refractivity contribution in [3.8, 4) is 101 Å². The second kappa shape index (κ2) is 28.1. The Hall–Kier alpha value is -15.8. The molecule has 0 saturated heterocycles. The SMILES string of the molecule is c1ccc(-c2ccc(-c3ccc(-c4nc5ccccc5nc4-c4ccc(-n5c6ccc7ccccc7c6c6c7ccccc7ccc65)c5ccccc45)cc3)cc2)cc1.c1ccc(-c2cccc(-c3ccc(-c4nc5ccccc5nc4-c4ccc(-n5c6ccc7ccccc7c6c6c7ccccc7ccc65)c5ccccc45)cc3)c2)cc1. The zero-order chi connectivity index (χ0) is 77.7. The lowest BCUT2D eigenvalue weighted by atomic mass is 9.95. The summed E-state index contributed by atoms with van der Waals surface area (Å²) in [5.41, 5.74) is 27.6. The van der Waals surface area contributed by atoms with Crippen LogP contribution in [0.3, 0.4) is 0 Å². The Kier molecular flexibility index (Phi) is 16.2. The molecule has 0 amide bonds. The summed E-state index contributed by atoms with van der Waals surface area (Å²) < 4.78 is 4.93. The standard InChI is InChI=1S/2C56H35N3/c1-2-13-36(14-3-1)41-17-12-18-42(35-41)37-25-27-40(28-26-37)55-56(58-49-24-11-10-23-48(49)57-55)47-31-34-50(46-22-9-8-21-45(46)47)59-51-32-29-38-15-4-6-19-43(38)53(51)54-44-20-7-5-16-39(44)30-33-52(54)59;1-2-12-36(13-3-1)37-22-24-38(25-23-37)39-26-28-42(29-27-39)55-56(58-49-21-11-10-20-48(49)57-55)47-32-35-50(46-19-9-8-18-45(46)47)59-51-33-30-40-14-4-6-16-43(40)53(51)54-44-17-7-5-15-41(44)31-34-52(54)59/h2*1-35H. The van der Waals surface area contributed by atoms with E-state index in [1.807, 2.05) is 24.3 Å². The summed E-state index contributed by atoms with van der Waals surface area (Å²) in [4.78, 5) is 21.4. The minimum atomic E-state index is 0.862. The summed E-state index contributed by atoms with van der Waals surface area (Å²) in [5.74, 6) is 0. The molecule has 6 heteroatoms. The maximum atomic E-state index is 5.39. The molecular weight excluding hydrogens is 1430 g/mol. The highest BCUT2D eigenvalue weighted by Crippen LogP contribution is 2.48. The van der Waals surface area contributed by atoms with Gasteiger partial charge in [-0.3, -0.25) is 0 Å². The topological polar surface area (TPSA) is 61.4 Å². The molecule has 20 aromatic carbocycles. The highest BCUT2D eigenvalue weighted by molar-refractivity contribution is 6.31. The Morgan fingerprint density at radius 1 is 0.153 bits per heavy atom. The summed E-state index contributed by atoms with van der Waals surface area (Å²) >= 11 is 0. The third kappa shape index (κ3) is 11.4. The molecule has 24 rings (SSSR count). The second-order valence-electron chi connectivity index (χ2n) is 30.6. The molecule has 0 aliphatic carbocycles. The lowest BCUT2D eigenvalue weighted by Gasteiger charge is -2.17. The summed E-state index contributed by atoms with van der Waals surface area (Å²) in [6.45, 7) is 0. The molecule has 4 heterocycles. The minimum Gasteiger partial charge on any atom is -0.309 e. The van der Waals surface area contributed by atoms with Crippen LogP contribution >= 0.6 is 0 Å². The van der Waals surface area contributed by atoms with Gasteiger partial charge < -0.3 is 9.13 Å². The molecule has 0 aliphatic rings. The molecule has 0 bridgehead atoms. The van der Waals surface area contributed by atoms with E-state index >= 15 is 0 Å². The first-order valence-electron chi connectivity index (χ1n) is 40.3. The molecule has 118 heavy (non-hydrogen) atoms. The fourth-order valence-electron chi connectivity index (χ4n) is 18.4. The van der Waals surface area contributed by atoms with Gasteiger partial charge in [-0.2, -0.15) is 0 Å². The lowest BCUT2D eigenvalue weighted by molar-refractivity contribution is 1.20. The summed E-state index contributed by atoms with van der Waals surface area (Å²) in [6.07, 6.45) is 0. The van der Waals surface area contributed by atoms with E-state index in [2.05, 4.69) is 410 Å². The molecule has 0 N–H and O–H groups in total. The highest BCUT2D eigenvalue weighted by Gasteiger charge is 2.25. The normalized spacial score (nSPS) is 11.7. The molecular formula is C112H70N6. The van der Waals surface area contributed by atoms with Crippen LogP contribution in [-0.2, 0) is 0 Å². The average molecular weight is 1500 g/mol. The van der Waals surface area contributed by atoms with Crippen molar-refractivity contribution < 1.29 is 0 Å². The third-order valence-corrected chi connectivity index (χ3v) is 24.0. The molecule has 0 unspecified atom stereocenters. The van der Waals surface area contributed by atoms with E-state index in [0.717, 1.165) is 111 Å². The van der Waals surface area contributed by atoms with Crippen LogP contribution in [0.2, 0.25) is 0 Å². The highest BCUT2D eigenvalue weighted by atomic mass is 15.0. The Bertz CT molecular complexity index is 7960. The summed E-state index contributed by atoms with van der Waals surface area (Å²) in [7, 11) is 0. The van der Waals surface area contributed by atoms with E-state index in [1.54, 1.807) is 0 Å². The lowest BCUT2D eigenvalue weighted by Crippen LogP contribution is -1.99. The van der Waals surface area contributed by atoms with Crippen molar-refractivity contribution in [2.24, 2.45) is 0 Å². The number of fused-ring (bicyclic) bond motifs is 18. The molecule has 0 spiro atoms. The Morgan fingerprint density at radius 2 is 0.398 bits per heavy atom. The van der Waals surface area contributed by atoms with Crippen molar-refractivity contribution in [1.82, 2.24) is 29.1 Å². The van der Waals surface area contributed by atoms with Gasteiger partial charge in [0.2, 0.25) is 0 Å². The summed E-state index contributed by atoms with van der Waals surface area (Å²) in [5, 5.41) is 19.7. The third-order valence-electron chi connectivity index (χ3n) is 24.0. The fourth-order valence-corrected chi connectivity index (χ4v) is 18.4. The number of nitrogens with zero attached hydrogens (tertiary/aromatic N) is 6. The van der Waals surface area contributed by atoms with Gasteiger partial charge in [-0.15, -0.1) is 0 Å². The smallest absolute Gasteiger partial charge is 0.0979 e. The number of hydrogen-bond acceptors (Lipinski definition) is 4. The Morgan fingerprint density at radius 3 is 0.737 bits per heavy atom. The quantitative estimate of drug-likeness (QED) is 0.137. The second-order valence-corrected chi connectivity index (χ2v) is 30.6. The number of aromatic nitrogens is 6. The van der Waals surface area contributed by atoms with Crippen molar-refractivity contribution in [3.05, 3.63) is 425 Å². The van der Waals surface area contributed by atoms with Crippen LogP contribution in [0.4, 0.5) is 0 Å². The minimum absolute atomic E-state index is 0.862. The zero-order valence-electron chi connectivity index (χ0n) is 64.1. The van der Waals surface area contributed by atoms with E-state index < -0.39 is 0 Å². The van der Waals surface area contributed by atoms with Gasteiger partial charge in [0, 0.05) is 54.6 Å². The number of benzene rings is 20. The van der Waals surface area contributed by atoms with E-state index in [4.69, 9.17) is 19.9 Å². The van der Waals surface area contributed by atoms with Gasteiger partial charge in [0.15, 0.2) is 0 Å². The van der Waals surface area contributed by atoms with Gasteiger partial charge in [-0.25, -0.2) is 19.9 Å². The first kappa shape index (κ1) is 67.9. The van der Waals surface area contributed by atoms with Crippen LogP contribution in [0.5, 0.6) is 0 Å². The van der Waals surface area contributed by atoms with Crippen molar-refractivity contribution in [1.29, 1.82) is 0 Å². The monoisotopic (exact) mass is 1500 g/mol. The molecule has 0 aliphatic heterocycles. The molecule has 24 aromatic rings. The number of rotatable bonds is 10. The van der Waals surface area contributed by atoms with Crippen LogP contribution in [0.1, 0.15) is 0 Å². The Balaban J connectivity index is 0.000000138. The van der Waals surface area contributed by atoms with Gasteiger partial charge in [0.1, 0.15) is 0 Å². The predicted octanol–water partition coefficient (Wildman–Crippen LogP) is 29.7. The molecule has 0 radical (unpaired) electrons. The van der Waals surface area contributed by atoms with Crippen molar-refractivity contribution in [2.45, 2.75) is 0 Å². The predicted molar refractivity (Wildman–Crippen MR) is 496 cm³/mol. The first-order valence-corrected chi connectivity index (χ1v) is 40.3. The maximum absolute atomic E-state index is 5.39. The molecule has 548 valence electrons. The summed E-state index contributed by atoms with van der Waals surface area (Å²) in [6, 6.07) is 152. The fraction of sp³-hybridized carbons (Fsp3) is 0. The molecule has 0 fully saturated rings. The van der Waals surface area contributed by atoms with E-state index in [9.17, 15) is 0 Å². The van der Waals surface area contributed by atoms with Gasteiger partial charge in [0.25, 0.3) is 0 Å². The van der Waals surface area contributed by atoms with Gasteiger partial charge in [-0.05, 0) is 177 Å². The number of hydrogen-bond donors (Lipinski definition) is 0. The number of para-hydroxylation sites is 4. The van der Waals surface area contributed by atoms with Crippen LogP contribution in [0.25, 0.3) is 231 Å². The van der Waals surface area contributed by atoms with Crippen molar-refractivity contribution in [2.75, 3.05) is 0 Å². The molecule has 0 atom stereocenters. The average Bonchev–Trinajstić information content (AvgIpc) is 1.54. The van der Waals surface area contributed by atoms with E-state index in [0.29, 0.717) is 0 Å². The largest absolute Gasteiger partial charge is 0.309 e. The maximum Gasteiger partial charge on any atom is 0.0979 e. The van der Waals surface area contributed by atoms with Crippen LogP contribution in [0.15, 0.2) is 425 Å². The Labute approximate surface area is 680 Å². The van der Waals surface area contributed by atoms with Crippen LogP contribution in [-0.4, -0.2) is 29.1 Å². The van der Waals surface area contributed by atoms with Crippen molar-refractivity contribution >= 4 is 130 Å². The zero-order valence-corrected chi connectivity index (χ0v) is 64.1. The molecule has 4 aromatic heterocycles. The van der Waals surface area contributed by atoms with Crippen molar-refractivity contribution in [3.63, 3.8) is 0 Å². The molecule has 6 nitrogen and oxygen atoms in total. The van der Waals surface area contributed by atoms with Gasteiger partial charge >= 0.3 is 0 Å².